The molecule has 0 fully saturated rings. The van der Waals surface area contributed by atoms with Crippen molar-refractivity contribution in [2.75, 3.05) is 0 Å². The van der Waals surface area contributed by atoms with Gasteiger partial charge in [0.2, 0.25) is 0 Å². The minimum atomic E-state index is 0.109. The van der Waals surface area contributed by atoms with Crippen LogP contribution in [0.1, 0.15) is 0 Å². The highest BCUT2D eigenvalue weighted by Crippen LogP contribution is 2.58. The van der Waals surface area contributed by atoms with Crippen LogP contribution in [0.25, 0.3) is 0 Å². The molecule has 0 aromatic rings. The summed E-state index contributed by atoms with van der Waals surface area (Å²) in [6.45, 7) is 0. The second-order valence-corrected chi connectivity index (χ2v) is 5.69. The van der Waals surface area contributed by atoms with Gasteiger partial charge in [0.05, 0.1) is 0 Å². The van der Waals surface area contributed by atoms with Crippen molar-refractivity contribution in [2.24, 2.45) is 17.3 Å². The van der Waals surface area contributed by atoms with Gasteiger partial charge in [-0.1, -0.05) is 66.3 Å². The Morgan fingerprint density at radius 2 is 1.83 bits per heavy atom. The quantitative estimate of drug-likeness (QED) is 0.553. The molecule has 0 aromatic carbocycles. The predicted octanol–water partition coefficient (Wildman–Crippen LogP) is 3.85. The Balaban J connectivity index is 1.89. The topological polar surface area (TPSA) is 0 Å². The Kier molecular flexibility index (Phi) is 1.41. The molecule has 0 nitrogen and oxygen atoms in total. The molecule has 0 N–H and O–H groups in total. The monoisotopic (exact) mass is 229 g/mol. The fourth-order valence-corrected chi connectivity index (χ4v) is 4.03. The molecule has 0 heteroatoms. The van der Waals surface area contributed by atoms with Crippen LogP contribution in [0.3, 0.4) is 0 Å². The van der Waals surface area contributed by atoms with Crippen LogP contribution in [0.5, 0.6) is 0 Å². The Bertz CT molecular complexity index is 657. The Hall–Kier alpha value is -1.82. The number of rotatable bonds is 0. The maximum absolute atomic E-state index is 2.40. The first-order chi connectivity index (χ1) is 8.87. The molecular weight excluding hydrogens is 216 g/mol. The van der Waals surface area contributed by atoms with E-state index in [1.54, 1.807) is 5.57 Å². The van der Waals surface area contributed by atoms with E-state index in [1.165, 1.54) is 16.7 Å². The van der Waals surface area contributed by atoms with E-state index in [4.69, 9.17) is 0 Å². The van der Waals surface area contributed by atoms with E-state index < -0.39 is 0 Å². The lowest BCUT2D eigenvalue weighted by atomic mass is 9.53. The standard InChI is InChI=1S/C18H13/c1-2-13-4-5-15-12-6-9-18(10-7-12)11-8-14(3-1)16(13)17(15)18/h1-12,17H. The number of allylic oxidation sites excluding steroid dienone is 14. The molecule has 1 spiro atoms. The van der Waals surface area contributed by atoms with Gasteiger partial charge in [-0.3, -0.25) is 0 Å². The summed E-state index contributed by atoms with van der Waals surface area (Å²) in [5.74, 6) is 1.06. The molecule has 85 valence electrons. The molecule has 0 saturated heterocycles. The fourth-order valence-electron chi connectivity index (χ4n) is 4.03. The largest absolute Gasteiger partial charge is 0.0763 e. The summed E-state index contributed by atoms with van der Waals surface area (Å²) in [4.78, 5) is 0. The van der Waals surface area contributed by atoms with Crippen LogP contribution in [-0.2, 0) is 0 Å². The minimum Gasteiger partial charge on any atom is -0.0763 e. The smallest absolute Gasteiger partial charge is 0.0352 e. The highest BCUT2D eigenvalue weighted by molar-refractivity contribution is 5.67. The molecule has 18 heavy (non-hydrogen) atoms. The van der Waals surface area contributed by atoms with Gasteiger partial charge in [-0.2, -0.15) is 0 Å². The Morgan fingerprint density at radius 3 is 2.72 bits per heavy atom. The zero-order chi connectivity index (χ0) is 11.7. The van der Waals surface area contributed by atoms with Crippen molar-refractivity contribution in [3.8, 4) is 0 Å². The summed E-state index contributed by atoms with van der Waals surface area (Å²) < 4.78 is 0. The summed E-state index contributed by atoms with van der Waals surface area (Å²) in [5.41, 5.74) is 6.02. The van der Waals surface area contributed by atoms with Crippen molar-refractivity contribution >= 4 is 0 Å². The first-order valence-electron chi connectivity index (χ1n) is 6.63. The van der Waals surface area contributed by atoms with Crippen molar-refractivity contribution < 1.29 is 0 Å². The molecule has 6 aliphatic rings. The Labute approximate surface area is 107 Å². The third-order valence-electron chi connectivity index (χ3n) is 4.87. The molecule has 0 amide bonds. The van der Waals surface area contributed by atoms with E-state index in [2.05, 4.69) is 67.2 Å². The van der Waals surface area contributed by atoms with E-state index in [1.807, 2.05) is 0 Å². The van der Waals surface area contributed by atoms with Gasteiger partial charge >= 0.3 is 0 Å². The first kappa shape index (κ1) is 9.16. The van der Waals surface area contributed by atoms with Crippen LogP contribution in [0.15, 0.2) is 83.1 Å². The highest BCUT2D eigenvalue weighted by Gasteiger charge is 2.48. The molecule has 2 bridgehead atoms. The summed E-state index contributed by atoms with van der Waals surface area (Å²) >= 11 is 0. The van der Waals surface area contributed by atoms with Crippen molar-refractivity contribution in [3.63, 3.8) is 0 Å². The lowest BCUT2D eigenvalue weighted by Gasteiger charge is -2.50. The van der Waals surface area contributed by atoms with E-state index in [9.17, 15) is 0 Å². The van der Waals surface area contributed by atoms with Crippen molar-refractivity contribution in [2.45, 2.75) is 0 Å². The van der Waals surface area contributed by atoms with E-state index >= 15 is 0 Å². The molecule has 0 heterocycles. The van der Waals surface area contributed by atoms with Gasteiger partial charge in [-0.25, -0.2) is 0 Å². The van der Waals surface area contributed by atoms with Gasteiger partial charge in [-0.15, -0.1) is 0 Å². The predicted molar refractivity (Wildman–Crippen MR) is 73.5 cm³/mol. The second kappa shape index (κ2) is 2.77. The number of hydrogen-bond donors (Lipinski definition) is 0. The van der Waals surface area contributed by atoms with Crippen LogP contribution in [-0.4, -0.2) is 0 Å². The van der Waals surface area contributed by atoms with Crippen molar-refractivity contribution in [1.82, 2.24) is 0 Å². The van der Waals surface area contributed by atoms with Crippen LogP contribution >= 0.6 is 0 Å². The van der Waals surface area contributed by atoms with E-state index in [0.29, 0.717) is 11.8 Å². The van der Waals surface area contributed by atoms with Crippen LogP contribution < -0.4 is 0 Å². The molecule has 1 unspecified atom stereocenters. The van der Waals surface area contributed by atoms with Crippen molar-refractivity contribution in [3.05, 3.63) is 89.5 Å². The van der Waals surface area contributed by atoms with Gasteiger partial charge in [0.15, 0.2) is 0 Å². The zero-order valence-corrected chi connectivity index (χ0v) is 10.0. The normalized spacial score (nSPS) is 40.9. The SMILES string of the molecule is [CH]1C=CC2=C3C1=CC=C1C4C=CC(C=C2)(C=C4)C13. The van der Waals surface area contributed by atoms with Gasteiger partial charge in [0, 0.05) is 23.7 Å². The molecule has 6 rings (SSSR count). The average Bonchev–Trinajstić information content (AvgIpc) is 2.46. The van der Waals surface area contributed by atoms with Crippen LogP contribution in [0, 0.1) is 23.7 Å². The summed E-state index contributed by atoms with van der Waals surface area (Å²) in [6, 6.07) is 0. The van der Waals surface area contributed by atoms with Gasteiger partial charge in [0.25, 0.3) is 0 Å². The molecule has 0 aromatic heterocycles. The van der Waals surface area contributed by atoms with Crippen molar-refractivity contribution in [1.29, 1.82) is 0 Å². The molecule has 0 saturated carbocycles. The lowest BCUT2D eigenvalue weighted by molar-refractivity contribution is 0.411. The summed E-state index contributed by atoms with van der Waals surface area (Å²) in [6.07, 6.45) is 25.5. The van der Waals surface area contributed by atoms with E-state index in [0.717, 1.165) is 0 Å². The minimum absolute atomic E-state index is 0.109. The maximum Gasteiger partial charge on any atom is 0.0352 e. The van der Waals surface area contributed by atoms with E-state index in [-0.39, 0.29) is 5.41 Å². The maximum atomic E-state index is 2.40. The summed E-state index contributed by atoms with van der Waals surface area (Å²) in [5, 5.41) is 0. The molecule has 1 atom stereocenters. The van der Waals surface area contributed by atoms with Crippen LogP contribution in [0.2, 0.25) is 0 Å². The summed E-state index contributed by atoms with van der Waals surface area (Å²) in [7, 11) is 0. The molecular formula is C18H13. The fraction of sp³-hybridized carbons (Fsp3) is 0.167. The number of hydrogen-bond acceptors (Lipinski definition) is 0. The second-order valence-electron chi connectivity index (χ2n) is 5.69. The molecule has 6 aliphatic carbocycles. The van der Waals surface area contributed by atoms with Gasteiger partial charge in [-0.05, 0) is 16.7 Å². The van der Waals surface area contributed by atoms with Crippen LogP contribution in [0.4, 0.5) is 0 Å². The third-order valence-corrected chi connectivity index (χ3v) is 4.87. The Morgan fingerprint density at radius 1 is 0.944 bits per heavy atom. The zero-order valence-electron chi connectivity index (χ0n) is 10.0. The molecule has 0 aliphatic heterocycles. The first-order valence-corrected chi connectivity index (χ1v) is 6.63. The molecule has 1 radical (unpaired) electrons. The van der Waals surface area contributed by atoms with Gasteiger partial charge in [0.1, 0.15) is 0 Å². The third kappa shape index (κ3) is 0.871. The average molecular weight is 229 g/mol. The highest BCUT2D eigenvalue weighted by atomic mass is 14.5. The lowest BCUT2D eigenvalue weighted by Crippen LogP contribution is -2.40. The van der Waals surface area contributed by atoms with Gasteiger partial charge < -0.3 is 0 Å².